The molecule has 1 N–H and O–H groups in total. The van der Waals surface area contributed by atoms with Gasteiger partial charge in [0.2, 0.25) is 0 Å². The molecule has 2 aliphatic heterocycles. The van der Waals surface area contributed by atoms with Gasteiger partial charge in [-0.05, 0) is 37.5 Å². The standard InChI is InChI=1S/C18H24ClN3O4/c1-3-13-11-26-18(24)22(13)14-6-8-21(9-7-14)17(23)20-15-10-12(19)4-5-16(15)25-2/h4-5,10,13-14H,3,6-9,11H2,1-2H3,(H,20,23). The molecule has 2 fully saturated rings. The van der Waals surface area contributed by atoms with E-state index >= 15 is 0 Å². The second-order valence-corrected chi connectivity index (χ2v) is 6.98. The summed E-state index contributed by atoms with van der Waals surface area (Å²) >= 11 is 6.01. The highest BCUT2D eigenvalue weighted by molar-refractivity contribution is 6.31. The van der Waals surface area contributed by atoms with E-state index in [0.29, 0.717) is 36.2 Å². The minimum atomic E-state index is -0.233. The van der Waals surface area contributed by atoms with E-state index in [1.165, 1.54) is 0 Å². The van der Waals surface area contributed by atoms with Crippen LogP contribution in [0.2, 0.25) is 5.02 Å². The highest BCUT2D eigenvalue weighted by Crippen LogP contribution is 2.29. The first-order valence-electron chi connectivity index (χ1n) is 8.88. The van der Waals surface area contributed by atoms with Crippen molar-refractivity contribution in [3.8, 4) is 5.75 Å². The number of anilines is 1. The third-order valence-electron chi connectivity index (χ3n) is 5.02. The van der Waals surface area contributed by atoms with Crippen molar-refractivity contribution >= 4 is 29.4 Å². The molecule has 2 saturated heterocycles. The molecule has 2 aliphatic rings. The van der Waals surface area contributed by atoms with E-state index in [9.17, 15) is 9.59 Å². The summed E-state index contributed by atoms with van der Waals surface area (Å²) in [6.45, 7) is 3.68. The number of carbonyl (C=O) groups excluding carboxylic acids is 2. The van der Waals surface area contributed by atoms with Gasteiger partial charge in [-0.15, -0.1) is 0 Å². The lowest BCUT2D eigenvalue weighted by molar-refractivity contribution is 0.115. The SMILES string of the molecule is CCC1COC(=O)N1C1CCN(C(=O)Nc2cc(Cl)ccc2OC)CC1. The number of rotatable bonds is 4. The summed E-state index contributed by atoms with van der Waals surface area (Å²) < 4.78 is 10.4. The number of hydrogen-bond donors (Lipinski definition) is 1. The van der Waals surface area contributed by atoms with Crippen molar-refractivity contribution in [1.82, 2.24) is 9.80 Å². The lowest BCUT2D eigenvalue weighted by Gasteiger charge is -2.37. The Hall–Kier alpha value is -2.15. The molecule has 1 aromatic carbocycles. The number of piperidine rings is 1. The fourth-order valence-electron chi connectivity index (χ4n) is 3.55. The van der Waals surface area contributed by atoms with Crippen LogP contribution in [0.1, 0.15) is 26.2 Å². The van der Waals surface area contributed by atoms with E-state index in [0.717, 1.165) is 19.3 Å². The molecule has 0 aromatic heterocycles. The quantitative estimate of drug-likeness (QED) is 0.865. The lowest BCUT2D eigenvalue weighted by Crippen LogP contribution is -2.50. The molecule has 7 nitrogen and oxygen atoms in total. The summed E-state index contributed by atoms with van der Waals surface area (Å²) in [5, 5.41) is 3.38. The number of urea groups is 1. The molecule has 1 aromatic rings. The predicted octanol–water partition coefficient (Wildman–Crippen LogP) is 3.58. The maximum atomic E-state index is 12.6. The first kappa shape index (κ1) is 18.6. The van der Waals surface area contributed by atoms with Crippen molar-refractivity contribution in [2.45, 2.75) is 38.3 Å². The van der Waals surface area contributed by atoms with Gasteiger partial charge in [0.15, 0.2) is 0 Å². The van der Waals surface area contributed by atoms with E-state index in [1.807, 2.05) is 4.90 Å². The molecule has 3 rings (SSSR count). The number of hydrogen-bond acceptors (Lipinski definition) is 4. The number of halogens is 1. The molecule has 1 unspecified atom stereocenters. The molecule has 0 aliphatic carbocycles. The minimum absolute atomic E-state index is 0.125. The maximum Gasteiger partial charge on any atom is 0.410 e. The van der Waals surface area contributed by atoms with Crippen molar-refractivity contribution in [2.24, 2.45) is 0 Å². The van der Waals surface area contributed by atoms with Crippen LogP contribution in [-0.4, -0.2) is 60.8 Å². The average molecular weight is 382 g/mol. The number of ether oxygens (including phenoxy) is 2. The molecule has 3 amide bonds. The fourth-order valence-corrected chi connectivity index (χ4v) is 3.72. The van der Waals surface area contributed by atoms with Gasteiger partial charge in [-0.3, -0.25) is 4.90 Å². The number of amides is 3. The number of benzene rings is 1. The van der Waals surface area contributed by atoms with Gasteiger partial charge >= 0.3 is 12.1 Å². The zero-order chi connectivity index (χ0) is 18.7. The summed E-state index contributed by atoms with van der Waals surface area (Å²) in [5.41, 5.74) is 0.543. The molecule has 2 heterocycles. The maximum absolute atomic E-state index is 12.6. The second-order valence-electron chi connectivity index (χ2n) is 6.54. The zero-order valence-electron chi connectivity index (χ0n) is 15.0. The van der Waals surface area contributed by atoms with E-state index in [2.05, 4.69) is 12.2 Å². The minimum Gasteiger partial charge on any atom is -0.495 e. The van der Waals surface area contributed by atoms with Crippen molar-refractivity contribution in [2.75, 3.05) is 32.1 Å². The van der Waals surface area contributed by atoms with Crippen LogP contribution >= 0.6 is 11.6 Å². The number of cyclic esters (lactones) is 1. The summed E-state index contributed by atoms with van der Waals surface area (Å²) in [6, 6.07) is 5.16. The monoisotopic (exact) mass is 381 g/mol. The van der Waals surface area contributed by atoms with Crippen LogP contribution in [0.25, 0.3) is 0 Å². The predicted molar refractivity (Wildman–Crippen MR) is 98.9 cm³/mol. The Morgan fingerprint density at radius 3 is 2.77 bits per heavy atom. The first-order valence-corrected chi connectivity index (χ1v) is 9.25. The number of likely N-dealkylation sites (tertiary alicyclic amines) is 1. The molecule has 0 spiro atoms. The van der Waals surface area contributed by atoms with Gasteiger partial charge < -0.3 is 19.7 Å². The summed E-state index contributed by atoms with van der Waals surface area (Å²) in [4.78, 5) is 28.2. The summed E-state index contributed by atoms with van der Waals surface area (Å²) in [7, 11) is 1.55. The van der Waals surface area contributed by atoms with E-state index in [4.69, 9.17) is 21.1 Å². The Balaban J connectivity index is 1.59. The number of carbonyl (C=O) groups is 2. The van der Waals surface area contributed by atoms with Gasteiger partial charge in [0.05, 0.1) is 18.8 Å². The van der Waals surface area contributed by atoms with Crippen molar-refractivity contribution in [3.63, 3.8) is 0 Å². The van der Waals surface area contributed by atoms with Gasteiger partial charge in [-0.2, -0.15) is 0 Å². The van der Waals surface area contributed by atoms with Crippen LogP contribution in [-0.2, 0) is 4.74 Å². The van der Waals surface area contributed by atoms with Gasteiger partial charge in [-0.25, -0.2) is 9.59 Å². The summed E-state index contributed by atoms with van der Waals surface area (Å²) in [6.07, 6.45) is 2.13. The van der Waals surface area contributed by atoms with Gasteiger partial charge in [-0.1, -0.05) is 18.5 Å². The highest BCUT2D eigenvalue weighted by atomic mass is 35.5. The van der Waals surface area contributed by atoms with Crippen LogP contribution in [0.3, 0.4) is 0 Å². The molecule has 1 atom stereocenters. The van der Waals surface area contributed by atoms with Crippen molar-refractivity contribution in [1.29, 1.82) is 0 Å². The summed E-state index contributed by atoms with van der Waals surface area (Å²) in [5.74, 6) is 0.559. The Labute approximate surface area is 158 Å². The van der Waals surface area contributed by atoms with Crippen LogP contribution in [0.5, 0.6) is 5.75 Å². The van der Waals surface area contributed by atoms with Crippen LogP contribution < -0.4 is 10.1 Å². The highest BCUT2D eigenvalue weighted by Gasteiger charge is 2.38. The van der Waals surface area contributed by atoms with E-state index in [1.54, 1.807) is 30.2 Å². The van der Waals surface area contributed by atoms with Crippen LogP contribution in [0.4, 0.5) is 15.3 Å². The second kappa shape index (κ2) is 8.03. The Bertz CT molecular complexity index is 676. The Morgan fingerprint density at radius 1 is 1.38 bits per heavy atom. The van der Waals surface area contributed by atoms with E-state index in [-0.39, 0.29) is 24.2 Å². The van der Waals surface area contributed by atoms with Gasteiger partial charge in [0, 0.05) is 24.2 Å². The van der Waals surface area contributed by atoms with Crippen molar-refractivity contribution < 1.29 is 19.1 Å². The average Bonchev–Trinajstić information content (AvgIpc) is 3.02. The first-order chi connectivity index (χ1) is 12.5. The van der Waals surface area contributed by atoms with Gasteiger partial charge in [0.1, 0.15) is 12.4 Å². The largest absolute Gasteiger partial charge is 0.495 e. The Morgan fingerprint density at radius 2 is 2.12 bits per heavy atom. The number of nitrogens with one attached hydrogen (secondary N) is 1. The molecule has 0 saturated carbocycles. The molecular formula is C18H24ClN3O4. The molecule has 0 radical (unpaired) electrons. The molecular weight excluding hydrogens is 358 g/mol. The topological polar surface area (TPSA) is 71.1 Å². The lowest BCUT2D eigenvalue weighted by atomic mass is 10.0. The number of nitrogens with zero attached hydrogens (tertiary/aromatic N) is 2. The third-order valence-corrected chi connectivity index (χ3v) is 5.26. The third kappa shape index (κ3) is 3.82. The Kier molecular flexibility index (Phi) is 5.76. The number of methoxy groups -OCH3 is 1. The molecule has 26 heavy (non-hydrogen) atoms. The molecule has 8 heteroatoms. The molecule has 142 valence electrons. The zero-order valence-corrected chi connectivity index (χ0v) is 15.8. The van der Waals surface area contributed by atoms with Crippen LogP contribution in [0.15, 0.2) is 18.2 Å². The van der Waals surface area contributed by atoms with Gasteiger partial charge in [0.25, 0.3) is 0 Å². The fraction of sp³-hybridized carbons (Fsp3) is 0.556. The normalized spacial score (nSPS) is 20.9. The van der Waals surface area contributed by atoms with Crippen LogP contribution in [0, 0.1) is 0 Å². The smallest absolute Gasteiger partial charge is 0.410 e. The molecule has 0 bridgehead atoms. The van der Waals surface area contributed by atoms with Crippen molar-refractivity contribution in [3.05, 3.63) is 23.2 Å². The van der Waals surface area contributed by atoms with E-state index < -0.39 is 0 Å².